The quantitative estimate of drug-likeness (QED) is 0.0432. The maximum absolute atomic E-state index is 14.7. The van der Waals surface area contributed by atoms with E-state index >= 15 is 0 Å². The lowest BCUT2D eigenvalue weighted by Crippen LogP contribution is -2.62. The number of benzene rings is 2. The first kappa shape index (κ1) is 65.2. The smallest absolute Gasteiger partial charge is 0.404 e. The van der Waals surface area contributed by atoms with E-state index in [1.807, 2.05) is 0 Å². The topological polar surface area (TPSA) is 351 Å². The number of amides is 9. The normalized spacial score (nSPS) is 17.2. The standard InChI is InChI=1S/C52H74N9O15PS2/c1-30(2)44(51(71)57-40(29-43(53)65)49(69)59-45(31(3)4)52(72)61-22-11-15-41(61)46(54)66)58-48(68)39(55-47(67)38(27-35-13-9-8-10-14-35)56-50(70)42-16-12-21-60(42)32(5)62)28-36-17-19-37(20-18-36)76-77(73,74-23-25-78-33(6)63)75-24-26-79-34(7)64/h8-10,13-14,17-20,30-31,38-42,44-45H,11-12,15-16,21-29H2,1-7H3,(H2,53,65)(H2,54,66)(H,55,67)(H,56,70)(H,57,71)(H,58,68)(H,59,69)/t38-,39-,40-,41-,42-,44-,45-/m0/s1. The number of phosphoric ester groups is 1. The molecule has 0 saturated carbocycles. The van der Waals surface area contributed by atoms with Crippen LogP contribution < -0.4 is 42.6 Å². The highest BCUT2D eigenvalue weighted by Crippen LogP contribution is 2.49. The summed E-state index contributed by atoms with van der Waals surface area (Å²) in [6.07, 6.45) is 0.741. The molecule has 2 heterocycles. The lowest BCUT2D eigenvalue weighted by Gasteiger charge is -2.31. The lowest BCUT2D eigenvalue weighted by atomic mass is 9.99. The van der Waals surface area contributed by atoms with E-state index in [-0.39, 0.29) is 66.0 Å². The predicted molar refractivity (Wildman–Crippen MR) is 294 cm³/mol. The van der Waals surface area contributed by atoms with Crippen molar-refractivity contribution >= 4 is 94.7 Å². The molecule has 2 fully saturated rings. The Morgan fingerprint density at radius 3 is 1.61 bits per heavy atom. The van der Waals surface area contributed by atoms with Crippen LogP contribution in [0, 0.1) is 11.8 Å². The van der Waals surface area contributed by atoms with E-state index in [9.17, 15) is 57.3 Å². The molecule has 27 heteroatoms. The molecule has 7 atom stereocenters. The van der Waals surface area contributed by atoms with Crippen LogP contribution >= 0.6 is 31.3 Å². The average molecular weight is 1160 g/mol. The highest BCUT2D eigenvalue weighted by atomic mass is 32.2. The summed E-state index contributed by atoms with van der Waals surface area (Å²) in [6, 6.07) is 5.71. The number of carbonyl (C=O) groups excluding carboxylic acids is 11. The van der Waals surface area contributed by atoms with Gasteiger partial charge in [-0.15, -0.1) is 0 Å². The van der Waals surface area contributed by atoms with Crippen LogP contribution in [0.1, 0.15) is 91.7 Å². The molecule has 79 heavy (non-hydrogen) atoms. The van der Waals surface area contributed by atoms with Gasteiger partial charge in [0.15, 0.2) is 10.2 Å². The van der Waals surface area contributed by atoms with Gasteiger partial charge >= 0.3 is 7.82 Å². The number of hydrogen-bond donors (Lipinski definition) is 7. The fourth-order valence-electron chi connectivity index (χ4n) is 8.77. The van der Waals surface area contributed by atoms with E-state index in [0.717, 1.165) is 23.5 Å². The van der Waals surface area contributed by atoms with Crippen LogP contribution in [0.5, 0.6) is 5.75 Å². The third-order valence-corrected chi connectivity index (χ3v) is 15.7. The summed E-state index contributed by atoms with van der Waals surface area (Å²) in [4.78, 5) is 148. The highest BCUT2D eigenvalue weighted by Gasteiger charge is 2.41. The number of carbonyl (C=O) groups is 11. The minimum Gasteiger partial charge on any atom is -0.404 e. The molecule has 2 saturated heterocycles. The van der Waals surface area contributed by atoms with Crippen molar-refractivity contribution in [1.29, 1.82) is 0 Å². The number of likely N-dealkylation sites (tertiary alicyclic amines) is 2. The van der Waals surface area contributed by atoms with Crippen LogP contribution in [0.15, 0.2) is 54.6 Å². The van der Waals surface area contributed by atoms with Crippen LogP contribution in [-0.2, 0) is 79.2 Å². The molecule has 2 aliphatic heterocycles. The lowest BCUT2D eigenvalue weighted by molar-refractivity contribution is -0.142. The number of nitrogens with one attached hydrogen (secondary N) is 5. The third kappa shape index (κ3) is 21.0. The van der Waals surface area contributed by atoms with E-state index in [0.29, 0.717) is 43.4 Å². The molecular formula is C52H74N9O15PS2. The maximum Gasteiger partial charge on any atom is 0.530 e. The Labute approximate surface area is 468 Å². The van der Waals surface area contributed by atoms with Crippen LogP contribution in [0.4, 0.5) is 0 Å². The van der Waals surface area contributed by atoms with Gasteiger partial charge in [-0.05, 0) is 60.8 Å². The van der Waals surface area contributed by atoms with Gasteiger partial charge in [0, 0.05) is 58.2 Å². The minimum absolute atomic E-state index is 0.00575. The molecule has 0 bridgehead atoms. The molecule has 0 aromatic heterocycles. The minimum atomic E-state index is -4.34. The number of primary amides is 2. The fraction of sp³-hybridized carbons (Fsp3) is 0.558. The molecule has 9 amide bonds. The first-order valence-electron chi connectivity index (χ1n) is 25.9. The number of thioether (sulfide) groups is 2. The van der Waals surface area contributed by atoms with E-state index in [1.54, 1.807) is 58.0 Å². The molecule has 2 aliphatic rings. The van der Waals surface area contributed by atoms with E-state index < -0.39 is 116 Å². The second-order valence-corrected chi connectivity index (χ2v) is 23.8. The van der Waals surface area contributed by atoms with Gasteiger partial charge in [0.2, 0.25) is 53.2 Å². The summed E-state index contributed by atoms with van der Waals surface area (Å²) in [5.74, 6) is -7.74. The van der Waals surface area contributed by atoms with Crippen molar-refractivity contribution < 1.29 is 70.9 Å². The van der Waals surface area contributed by atoms with Crippen molar-refractivity contribution in [2.75, 3.05) is 37.8 Å². The number of nitrogens with two attached hydrogens (primary N) is 2. The summed E-state index contributed by atoms with van der Waals surface area (Å²) >= 11 is 1.87. The van der Waals surface area contributed by atoms with Gasteiger partial charge in [-0.3, -0.25) is 61.8 Å². The zero-order valence-corrected chi connectivity index (χ0v) is 48.0. The molecule has 2 aromatic rings. The Hall–Kier alpha value is -6.34. The van der Waals surface area contributed by atoms with Crippen molar-refractivity contribution in [2.45, 2.75) is 136 Å². The molecule has 0 aliphatic carbocycles. The molecular weight excluding hydrogens is 1090 g/mol. The number of hydrogen-bond acceptors (Lipinski definition) is 17. The van der Waals surface area contributed by atoms with Crippen molar-refractivity contribution in [3.05, 3.63) is 65.7 Å². The number of rotatable bonds is 30. The zero-order chi connectivity index (χ0) is 58.6. The SMILES string of the molecule is CC(=O)SCCOP(=O)(OCCSC(C)=O)Oc1ccc(C[C@H](NC(=O)[C@H](Cc2ccccc2)NC(=O)[C@@H]2CCCN2C(C)=O)C(=O)N[C@H](C(=O)N[C@@H](CC(N)=O)C(=O)N[C@H](C(=O)N2CCC[C@H]2C(N)=O)C(C)C)C(C)C)cc1. The molecule has 0 unspecified atom stereocenters. The van der Waals surface area contributed by atoms with Crippen molar-refractivity contribution in [3.8, 4) is 5.75 Å². The Morgan fingerprint density at radius 1 is 0.608 bits per heavy atom. The van der Waals surface area contributed by atoms with Gasteiger partial charge in [0.05, 0.1) is 19.6 Å². The maximum atomic E-state index is 14.7. The van der Waals surface area contributed by atoms with E-state index in [1.165, 1.54) is 54.8 Å². The second kappa shape index (κ2) is 31.5. The van der Waals surface area contributed by atoms with E-state index in [4.69, 9.17) is 25.0 Å². The van der Waals surface area contributed by atoms with Gasteiger partial charge < -0.3 is 52.4 Å². The van der Waals surface area contributed by atoms with Crippen LogP contribution in [0.3, 0.4) is 0 Å². The molecule has 0 spiro atoms. The summed E-state index contributed by atoms with van der Waals surface area (Å²) in [6.45, 7) is 10.7. The summed E-state index contributed by atoms with van der Waals surface area (Å²) in [7, 11) is -4.34. The fourth-order valence-corrected chi connectivity index (χ4v) is 11.1. The first-order chi connectivity index (χ1) is 37.3. The van der Waals surface area contributed by atoms with Crippen molar-refractivity contribution in [1.82, 2.24) is 36.4 Å². The molecule has 2 aromatic carbocycles. The predicted octanol–water partition coefficient (Wildman–Crippen LogP) is 1.65. The Bertz CT molecular complexity index is 2530. The van der Waals surface area contributed by atoms with Crippen LogP contribution in [0.2, 0.25) is 0 Å². The van der Waals surface area contributed by atoms with Gasteiger partial charge in [-0.2, -0.15) is 0 Å². The summed E-state index contributed by atoms with van der Waals surface area (Å²) < 4.78 is 30.5. The summed E-state index contributed by atoms with van der Waals surface area (Å²) in [5, 5.41) is 12.9. The van der Waals surface area contributed by atoms with Gasteiger partial charge in [-0.25, -0.2) is 4.57 Å². The number of nitrogens with zero attached hydrogens (tertiary/aromatic N) is 2. The molecule has 434 valence electrons. The van der Waals surface area contributed by atoms with Gasteiger partial charge in [0.25, 0.3) is 0 Å². The Balaban J connectivity index is 1.66. The molecule has 9 N–H and O–H groups in total. The average Bonchev–Trinajstić information content (AvgIpc) is 4.10. The second-order valence-electron chi connectivity index (χ2n) is 19.7. The monoisotopic (exact) mass is 1160 g/mol. The first-order valence-corrected chi connectivity index (χ1v) is 29.4. The van der Waals surface area contributed by atoms with Crippen molar-refractivity contribution in [3.63, 3.8) is 0 Å². The van der Waals surface area contributed by atoms with Crippen LogP contribution in [0.25, 0.3) is 0 Å². The van der Waals surface area contributed by atoms with Gasteiger partial charge in [-0.1, -0.05) is 93.7 Å². The Kier molecular flexibility index (Phi) is 25.9. The molecule has 0 radical (unpaired) electrons. The highest BCUT2D eigenvalue weighted by molar-refractivity contribution is 8.13. The van der Waals surface area contributed by atoms with Crippen LogP contribution in [-0.4, -0.2) is 153 Å². The molecule has 24 nitrogen and oxygen atoms in total. The van der Waals surface area contributed by atoms with E-state index in [2.05, 4.69) is 26.6 Å². The van der Waals surface area contributed by atoms with Gasteiger partial charge in [0.1, 0.15) is 48.0 Å². The third-order valence-electron chi connectivity index (χ3n) is 12.7. The Morgan fingerprint density at radius 2 is 1.09 bits per heavy atom. The molecule has 4 rings (SSSR count). The van der Waals surface area contributed by atoms with Crippen molar-refractivity contribution in [2.24, 2.45) is 23.3 Å². The zero-order valence-electron chi connectivity index (χ0n) is 45.5. The summed E-state index contributed by atoms with van der Waals surface area (Å²) in [5.41, 5.74) is 12.1. The number of phosphoric acid groups is 1. The largest absolute Gasteiger partial charge is 0.530 e.